The van der Waals surface area contributed by atoms with Crippen molar-refractivity contribution < 1.29 is 4.79 Å². The minimum Gasteiger partial charge on any atom is -0.298 e. The van der Waals surface area contributed by atoms with Gasteiger partial charge in [0.25, 0.3) is 0 Å². The number of hydrogen-bond acceptors (Lipinski definition) is 3. The normalized spacial score (nSPS) is 10.7. The Hall–Kier alpha value is -0.510. The van der Waals surface area contributed by atoms with E-state index in [1.54, 1.807) is 23.1 Å². The summed E-state index contributed by atoms with van der Waals surface area (Å²) in [6, 6.07) is 3.96. The summed E-state index contributed by atoms with van der Waals surface area (Å²) in [5, 5.41) is 3.52. The number of aldehydes is 1. The number of rotatable bonds is 2. The van der Waals surface area contributed by atoms with Crippen LogP contribution in [0.15, 0.2) is 22.4 Å². The Morgan fingerprint density at radius 2 is 2.36 bits per heavy atom. The lowest BCUT2D eigenvalue weighted by atomic mass is 10.2. The van der Waals surface area contributed by atoms with Gasteiger partial charge in [-0.05, 0) is 23.8 Å². The van der Waals surface area contributed by atoms with Gasteiger partial charge in [0.15, 0.2) is 6.29 Å². The van der Waals surface area contributed by atoms with E-state index in [2.05, 4.69) is 0 Å². The zero-order chi connectivity index (χ0) is 10.1. The fraction of sp³-hybridized carbons (Fsp3) is 0.100. The number of carbonyl (C=O) groups excluding carboxylic acids is 1. The van der Waals surface area contributed by atoms with Crippen molar-refractivity contribution in [1.29, 1.82) is 0 Å². The monoisotopic (exact) mass is 242 g/mol. The van der Waals surface area contributed by atoms with Crippen molar-refractivity contribution in [3.05, 3.63) is 28.1 Å². The third-order valence-electron chi connectivity index (χ3n) is 2.03. The Labute approximate surface area is 95.1 Å². The van der Waals surface area contributed by atoms with Crippen LogP contribution in [0, 0.1) is 0 Å². The lowest BCUT2D eigenvalue weighted by Crippen LogP contribution is -1.86. The maximum absolute atomic E-state index is 10.9. The summed E-state index contributed by atoms with van der Waals surface area (Å²) in [6.45, 7) is 0. The molecule has 0 saturated carbocycles. The smallest absolute Gasteiger partial charge is 0.152 e. The predicted molar refractivity (Wildman–Crippen MR) is 64.0 cm³/mol. The first-order chi connectivity index (χ1) is 6.77. The van der Waals surface area contributed by atoms with E-state index < -0.39 is 0 Å². The maximum atomic E-state index is 10.9. The molecule has 4 heteroatoms. The molecule has 0 aliphatic rings. The second-order valence-corrected chi connectivity index (χ2v) is 4.93. The third-order valence-corrected chi connectivity index (χ3v) is 4.08. The van der Waals surface area contributed by atoms with E-state index in [9.17, 15) is 4.79 Å². The summed E-state index contributed by atoms with van der Waals surface area (Å²) < 4.78 is 1.13. The van der Waals surface area contributed by atoms with Crippen LogP contribution >= 0.6 is 34.7 Å². The van der Waals surface area contributed by atoms with Gasteiger partial charge in [0.05, 0.1) is 5.02 Å². The molecule has 0 aliphatic carbocycles. The molecule has 14 heavy (non-hydrogen) atoms. The molecule has 1 nitrogen and oxygen atoms in total. The fourth-order valence-electron chi connectivity index (χ4n) is 1.34. The van der Waals surface area contributed by atoms with Crippen LogP contribution in [0.25, 0.3) is 10.1 Å². The molecule has 0 N–H and O–H groups in total. The van der Waals surface area contributed by atoms with E-state index in [-0.39, 0.29) is 0 Å². The van der Waals surface area contributed by atoms with Crippen LogP contribution in [-0.2, 0) is 0 Å². The van der Waals surface area contributed by atoms with E-state index in [1.165, 1.54) is 0 Å². The number of carbonyl (C=O) groups is 1. The van der Waals surface area contributed by atoms with Crippen LogP contribution in [0.3, 0.4) is 0 Å². The van der Waals surface area contributed by atoms with Crippen molar-refractivity contribution in [3.63, 3.8) is 0 Å². The SMILES string of the molecule is CSc1cc2sccc2c(Cl)c1C=O. The van der Waals surface area contributed by atoms with Crippen LogP contribution in [0.5, 0.6) is 0 Å². The topological polar surface area (TPSA) is 17.1 Å². The van der Waals surface area contributed by atoms with E-state index >= 15 is 0 Å². The molecule has 0 unspecified atom stereocenters. The summed E-state index contributed by atoms with van der Waals surface area (Å²) in [5.74, 6) is 0. The fourth-order valence-corrected chi connectivity index (χ4v) is 3.28. The lowest BCUT2D eigenvalue weighted by Gasteiger charge is -2.04. The van der Waals surface area contributed by atoms with Gasteiger partial charge in [0.1, 0.15) is 0 Å². The molecule has 0 bridgehead atoms. The van der Waals surface area contributed by atoms with Gasteiger partial charge in [-0.2, -0.15) is 0 Å². The quantitative estimate of drug-likeness (QED) is 0.583. The highest BCUT2D eigenvalue weighted by Crippen LogP contribution is 2.35. The number of fused-ring (bicyclic) bond motifs is 1. The van der Waals surface area contributed by atoms with Gasteiger partial charge in [0.2, 0.25) is 0 Å². The zero-order valence-corrected chi connectivity index (χ0v) is 9.80. The highest BCUT2D eigenvalue weighted by Gasteiger charge is 2.11. The number of benzene rings is 1. The minimum atomic E-state index is 0.572. The molecule has 1 aromatic carbocycles. The molecule has 0 fully saturated rings. The first-order valence-corrected chi connectivity index (χ1v) is 6.45. The summed E-state index contributed by atoms with van der Waals surface area (Å²) in [6.07, 6.45) is 2.77. The number of hydrogen-bond donors (Lipinski definition) is 0. The Kier molecular flexibility index (Phi) is 2.81. The first-order valence-electron chi connectivity index (χ1n) is 3.96. The first kappa shape index (κ1) is 10.0. The van der Waals surface area contributed by atoms with Gasteiger partial charge in [0, 0.05) is 20.5 Å². The Morgan fingerprint density at radius 3 is 3.00 bits per heavy atom. The minimum absolute atomic E-state index is 0.572. The molecule has 1 aromatic heterocycles. The Bertz CT molecular complexity index is 490. The molecule has 2 aromatic rings. The second kappa shape index (κ2) is 3.93. The van der Waals surface area contributed by atoms with E-state index in [0.717, 1.165) is 21.3 Å². The van der Waals surface area contributed by atoms with E-state index in [1.807, 2.05) is 23.8 Å². The van der Waals surface area contributed by atoms with Crippen LogP contribution in [0.1, 0.15) is 10.4 Å². The van der Waals surface area contributed by atoms with Crippen LogP contribution in [0.4, 0.5) is 0 Å². The van der Waals surface area contributed by atoms with Crippen molar-refractivity contribution >= 4 is 51.1 Å². The third kappa shape index (κ3) is 1.45. The van der Waals surface area contributed by atoms with E-state index in [4.69, 9.17) is 11.6 Å². The molecule has 0 radical (unpaired) electrons. The average molecular weight is 243 g/mol. The van der Waals surface area contributed by atoms with Crippen molar-refractivity contribution in [1.82, 2.24) is 0 Å². The van der Waals surface area contributed by atoms with Crippen molar-refractivity contribution in [2.75, 3.05) is 6.26 Å². The van der Waals surface area contributed by atoms with Gasteiger partial charge in [-0.1, -0.05) is 11.6 Å². The van der Waals surface area contributed by atoms with Crippen molar-refractivity contribution in [3.8, 4) is 0 Å². The molecule has 1 heterocycles. The Morgan fingerprint density at radius 1 is 1.57 bits per heavy atom. The predicted octanol–water partition coefficient (Wildman–Crippen LogP) is 4.09. The van der Waals surface area contributed by atoms with Crippen molar-refractivity contribution in [2.45, 2.75) is 4.90 Å². The second-order valence-electron chi connectivity index (χ2n) is 2.76. The number of halogens is 1. The zero-order valence-electron chi connectivity index (χ0n) is 7.41. The lowest BCUT2D eigenvalue weighted by molar-refractivity contribution is 0.112. The van der Waals surface area contributed by atoms with Crippen LogP contribution in [-0.4, -0.2) is 12.5 Å². The Balaban J connectivity index is 2.85. The summed E-state index contributed by atoms with van der Waals surface area (Å²) in [7, 11) is 0. The largest absolute Gasteiger partial charge is 0.298 e. The average Bonchev–Trinajstić information content (AvgIpc) is 2.65. The highest BCUT2D eigenvalue weighted by atomic mass is 35.5. The standard InChI is InChI=1S/C10H7ClOS2/c1-13-8-4-9-6(2-3-14-9)10(11)7(8)5-12/h2-5H,1H3. The summed E-state index contributed by atoms with van der Waals surface area (Å²) >= 11 is 9.31. The van der Waals surface area contributed by atoms with E-state index in [0.29, 0.717) is 10.6 Å². The maximum Gasteiger partial charge on any atom is 0.152 e. The van der Waals surface area contributed by atoms with Crippen LogP contribution in [0.2, 0.25) is 5.02 Å². The molecule has 72 valence electrons. The van der Waals surface area contributed by atoms with Crippen molar-refractivity contribution in [2.24, 2.45) is 0 Å². The molecule has 2 rings (SSSR count). The van der Waals surface area contributed by atoms with Gasteiger partial charge >= 0.3 is 0 Å². The molecule has 0 amide bonds. The molecule has 0 spiro atoms. The number of thiophene rings is 1. The van der Waals surface area contributed by atoms with Gasteiger partial charge in [-0.25, -0.2) is 0 Å². The molecule has 0 saturated heterocycles. The summed E-state index contributed by atoms with van der Waals surface area (Å²) in [5.41, 5.74) is 0.602. The number of thioether (sulfide) groups is 1. The molecule has 0 aliphatic heterocycles. The van der Waals surface area contributed by atoms with Gasteiger partial charge in [-0.15, -0.1) is 23.1 Å². The van der Waals surface area contributed by atoms with Crippen LogP contribution < -0.4 is 0 Å². The summed E-state index contributed by atoms with van der Waals surface area (Å²) in [4.78, 5) is 11.8. The molecular formula is C10H7ClOS2. The van der Waals surface area contributed by atoms with Gasteiger partial charge < -0.3 is 0 Å². The van der Waals surface area contributed by atoms with Gasteiger partial charge in [-0.3, -0.25) is 4.79 Å². The highest BCUT2D eigenvalue weighted by molar-refractivity contribution is 7.98. The molecular weight excluding hydrogens is 236 g/mol. The molecule has 0 atom stereocenters.